The van der Waals surface area contributed by atoms with E-state index in [1.807, 2.05) is 0 Å². The van der Waals surface area contributed by atoms with Crippen LogP contribution in [0.1, 0.15) is 22.6 Å². The number of hydrogen-bond acceptors (Lipinski definition) is 7. The summed E-state index contributed by atoms with van der Waals surface area (Å²) in [5, 5.41) is 11.6. The molecule has 9 nitrogen and oxygen atoms in total. The van der Waals surface area contributed by atoms with Crippen molar-refractivity contribution in [3.8, 4) is 11.5 Å². The molecule has 0 aliphatic carbocycles. The van der Waals surface area contributed by atoms with Crippen LogP contribution >= 0.6 is 11.6 Å². The van der Waals surface area contributed by atoms with Gasteiger partial charge in [0.1, 0.15) is 22.9 Å². The van der Waals surface area contributed by atoms with E-state index in [9.17, 15) is 19.5 Å². The number of nitrogen functional groups attached to an aromatic ring is 1. The predicted molar refractivity (Wildman–Crippen MR) is 124 cm³/mol. The molecule has 0 amide bonds. The second kappa shape index (κ2) is 8.18. The molecule has 0 radical (unpaired) electrons. The fourth-order valence-corrected chi connectivity index (χ4v) is 4.17. The lowest BCUT2D eigenvalue weighted by atomic mass is 9.85. The SMILES string of the molecule is COc1ccc(C(c2c(O)c3ccccc3oc2=O)c2c(N)n(C)c(=O)n(C)c2=O)cc1Cl. The van der Waals surface area contributed by atoms with Crippen molar-refractivity contribution in [2.45, 2.75) is 5.92 Å². The number of fused-ring (bicyclic) bond motifs is 1. The normalized spacial score (nSPS) is 12.1. The van der Waals surface area contributed by atoms with E-state index in [2.05, 4.69) is 0 Å². The highest BCUT2D eigenvalue weighted by atomic mass is 35.5. The van der Waals surface area contributed by atoms with Gasteiger partial charge in [-0.05, 0) is 29.8 Å². The Bertz CT molecular complexity index is 1580. The van der Waals surface area contributed by atoms with Gasteiger partial charge in [-0.15, -0.1) is 0 Å². The quantitative estimate of drug-likeness (QED) is 0.438. The predicted octanol–water partition coefficient (Wildman–Crippen LogP) is 2.32. The second-order valence-corrected chi connectivity index (χ2v) is 7.89. The van der Waals surface area contributed by atoms with E-state index in [1.54, 1.807) is 36.4 Å². The van der Waals surface area contributed by atoms with Crippen molar-refractivity contribution in [1.29, 1.82) is 0 Å². The average molecular weight is 470 g/mol. The van der Waals surface area contributed by atoms with Gasteiger partial charge in [-0.1, -0.05) is 29.8 Å². The molecule has 0 aliphatic rings. The first kappa shape index (κ1) is 22.2. The third-order valence-electron chi connectivity index (χ3n) is 5.65. The van der Waals surface area contributed by atoms with Crippen LogP contribution in [0, 0.1) is 0 Å². The van der Waals surface area contributed by atoms with Gasteiger partial charge in [0.15, 0.2) is 0 Å². The number of nitrogens with zero attached hydrogens (tertiary/aromatic N) is 2. The molecule has 3 N–H and O–H groups in total. The third kappa shape index (κ3) is 3.46. The number of benzene rings is 2. The molecular weight excluding hydrogens is 450 g/mol. The molecule has 0 bridgehead atoms. The molecule has 0 aliphatic heterocycles. The summed E-state index contributed by atoms with van der Waals surface area (Å²) in [6, 6.07) is 11.1. The molecule has 1 unspecified atom stereocenters. The molecule has 2 aromatic carbocycles. The Morgan fingerprint density at radius 1 is 1.06 bits per heavy atom. The molecule has 170 valence electrons. The number of nitrogens with two attached hydrogens (primary N) is 1. The largest absolute Gasteiger partial charge is 0.507 e. The van der Waals surface area contributed by atoms with Crippen molar-refractivity contribution in [2.75, 3.05) is 12.8 Å². The summed E-state index contributed by atoms with van der Waals surface area (Å²) in [5.41, 5.74) is 4.24. The summed E-state index contributed by atoms with van der Waals surface area (Å²) < 4.78 is 12.6. The van der Waals surface area contributed by atoms with Crippen molar-refractivity contribution in [1.82, 2.24) is 9.13 Å². The van der Waals surface area contributed by atoms with Gasteiger partial charge in [-0.3, -0.25) is 13.9 Å². The van der Waals surface area contributed by atoms with E-state index in [1.165, 1.54) is 27.3 Å². The molecule has 1 atom stereocenters. The number of hydrogen-bond donors (Lipinski definition) is 2. The summed E-state index contributed by atoms with van der Waals surface area (Å²) in [7, 11) is 4.15. The molecule has 4 aromatic rings. The third-order valence-corrected chi connectivity index (χ3v) is 5.95. The zero-order valence-corrected chi connectivity index (χ0v) is 18.7. The summed E-state index contributed by atoms with van der Waals surface area (Å²) >= 11 is 6.33. The molecule has 4 rings (SSSR count). The standard InChI is InChI=1S/C23H20ClN3O6/c1-26-20(25)18(21(29)27(2)23(26)31)16(11-8-9-15(32-3)13(24)10-11)17-19(28)12-6-4-5-7-14(12)33-22(17)30/h4-10,16,28H,25H2,1-3H3. The van der Waals surface area contributed by atoms with Gasteiger partial charge >= 0.3 is 11.3 Å². The van der Waals surface area contributed by atoms with Crippen molar-refractivity contribution in [3.05, 3.63) is 95.4 Å². The van der Waals surface area contributed by atoms with Gasteiger partial charge < -0.3 is 20.0 Å². The highest BCUT2D eigenvalue weighted by Gasteiger charge is 2.32. The first-order valence-corrected chi connectivity index (χ1v) is 10.2. The molecule has 0 saturated heterocycles. The maximum absolute atomic E-state index is 13.2. The first-order valence-electron chi connectivity index (χ1n) is 9.80. The maximum atomic E-state index is 13.2. The maximum Gasteiger partial charge on any atom is 0.344 e. The summed E-state index contributed by atoms with van der Waals surface area (Å²) in [4.78, 5) is 38.7. The monoisotopic (exact) mass is 469 g/mol. The second-order valence-electron chi connectivity index (χ2n) is 7.48. The zero-order chi connectivity index (χ0) is 24.0. The summed E-state index contributed by atoms with van der Waals surface area (Å²) in [6.07, 6.45) is 0. The minimum atomic E-state index is -1.19. The van der Waals surface area contributed by atoms with Crippen LogP contribution in [-0.2, 0) is 14.1 Å². The smallest absolute Gasteiger partial charge is 0.344 e. The van der Waals surface area contributed by atoms with E-state index in [0.717, 1.165) is 9.13 Å². The van der Waals surface area contributed by atoms with Crippen molar-refractivity contribution < 1.29 is 14.3 Å². The lowest BCUT2D eigenvalue weighted by molar-refractivity contribution is 0.415. The van der Waals surface area contributed by atoms with Crippen LogP contribution in [0.4, 0.5) is 5.82 Å². The fourth-order valence-electron chi connectivity index (χ4n) is 3.90. The minimum absolute atomic E-state index is 0.0845. The average Bonchev–Trinajstić information content (AvgIpc) is 2.80. The number of rotatable bonds is 4. The van der Waals surface area contributed by atoms with Gasteiger partial charge in [0.25, 0.3) is 5.56 Å². The number of anilines is 1. The lowest BCUT2D eigenvalue weighted by Gasteiger charge is -2.22. The summed E-state index contributed by atoms with van der Waals surface area (Å²) in [6.45, 7) is 0. The van der Waals surface area contributed by atoms with Gasteiger partial charge in [0.05, 0.1) is 34.6 Å². The molecular formula is C23H20ClN3O6. The van der Waals surface area contributed by atoms with Crippen LogP contribution in [-0.4, -0.2) is 21.4 Å². The molecule has 0 saturated carbocycles. The van der Waals surface area contributed by atoms with Gasteiger partial charge in [0, 0.05) is 14.1 Å². The van der Waals surface area contributed by atoms with Crippen LogP contribution < -0.4 is 27.3 Å². The Hall–Kier alpha value is -3.98. The topological polar surface area (TPSA) is 130 Å². The van der Waals surface area contributed by atoms with Gasteiger partial charge in [-0.25, -0.2) is 9.59 Å². The van der Waals surface area contributed by atoms with Gasteiger partial charge in [0.2, 0.25) is 0 Å². The molecule has 2 heterocycles. The number of ether oxygens (including phenoxy) is 1. The number of halogens is 1. The van der Waals surface area contributed by atoms with Crippen molar-refractivity contribution in [2.24, 2.45) is 14.1 Å². The molecule has 10 heteroatoms. The highest BCUT2D eigenvalue weighted by Crippen LogP contribution is 2.40. The van der Waals surface area contributed by atoms with Crippen LogP contribution in [0.25, 0.3) is 11.0 Å². The first-order chi connectivity index (χ1) is 15.7. The van der Waals surface area contributed by atoms with Crippen LogP contribution in [0.5, 0.6) is 11.5 Å². The highest BCUT2D eigenvalue weighted by molar-refractivity contribution is 6.32. The number of para-hydroxylation sites is 1. The van der Waals surface area contributed by atoms with E-state index >= 15 is 0 Å². The van der Waals surface area contributed by atoms with E-state index < -0.39 is 22.8 Å². The van der Waals surface area contributed by atoms with Gasteiger partial charge in [-0.2, -0.15) is 0 Å². The van der Waals surface area contributed by atoms with E-state index in [0.29, 0.717) is 11.3 Å². The molecule has 0 spiro atoms. The van der Waals surface area contributed by atoms with Crippen LogP contribution in [0.15, 0.2) is 61.3 Å². The lowest BCUT2D eigenvalue weighted by Crippen LogP contribution is -2.41. The van der Waals surface area contributed by atoms with Crippen molar-refractivity contribution in [3.63, 3.8) is 0 Å². The van der Waals surface area contributed by atoms with E-state index in [-0.39, 0.29) is 38.7 Å². The molecule has 0 fully saturated rings. The Morgan fingerprint density at radius 2 is 1.76 bits per heavy atom. The van der Waals surface area contributed by atoms with E-state index in [4.69, 9.17) is 26.5 Å². The number of aromatic nitrogens is 2. The van der Waals surface area contributed by atoms with Crippen molar-refractivity contribution >= 4 is 28.4 Å². The summed E-state index contributed by atoms with van der Waals surface area (Å²) in [5.74, 6) is -1.35. The molecule has 2 aromatic heterocycles. The fraction of sp³-hybridized carbons (Fsp3) is 0.174. The Balaban J connectivity index is 2.17. The number of methoxy groups -OCH3 is 1. The Labute approximate surface area is 191 Å². The van der Waals surface area contributed by atoms with Crippen LogP contribution in [0.2, 0.25) is 5.02 Å². The zero-order valence-electron chi connectivity index (χ0n) is 18.0. The minimum Gasteiger partial charge on any atom is -0.507 e. The Kier molecular flexibility index (Phi) is 5.51. The Morgan fingerprint density at radius 3 is 2.42 bits per heavy atom. The van der Waals surface area contributed by atoms with Crippen LogP contribution in [0.3, 0.4) is 0 Å². The molecule has 33 heavy (non-hydrogen) atoms. The number of aromatic hydroxyl groups is 1.